The van der Waals surface area contributed by atoms with Gasteiger partial charge in [0.15, 0.2) is 5.71 Å². The smallest absolute Gasteiger partial charge is 0.417 e. The maximum absolute atomic E-state index is 13.7. The van der Waals surface area contributed by atoms with Crippen molar-refractivity contribution in [3.05, 3.63) is 28.8 Å². The summed E-state index contributed by atoms with van der Waals surface area (Å²) in [7, 11) is 0. The van der Waals surface area contributed by atoms with Crippen LogP contribution < -0.4 is 4.74 Å². The standard InChI is InChI=1S/C12H8F7NO2/c13-8(14)4-22-7-2-1-6(12(17,18)19)9-5(7)3-11(15,16)10(9)20-21/h1-2,8,21H,3-4H2. The van der Waals surface area contributed by atoms with Crippen molar-refractivity contribution in [3.8, 4) is 5.75 Å². The van der Waals surface area contributed by atoms with Crippen LogP contribution in [-0.4, -0.2) is 29.9 Å². The third kappa shape index (κ3) is 2.81. The van der Waals surface area contributed by atoms with Gasteiger partial charge in [-0.1, -0.05) is 5.16 Å². The molecule has 0 aromatic heterocycles. The fourth-order valence-corrected chi connectivity index (χ4v) is 2.21. The van der Waals surface area contributed by atoms with Crippen LogP contribution in [0.15, 0.2) is 17.3 Å². The fraction of sp³-hybridized carbons (Fsp3) is 0.417. The molecule has 0 fully saturated rings. The van der Waals surface area contributed by atoms with Gasteiger partial charge in [0, 0.05) is 17.5 Å². The molecule has 3 nitrogen and oxygen atoms in total. The highest BCUT2D eigenvalue weighted by Crippen LogP contribution is 2.45. The van der Waals surface area contributed by atoms with Crippen LogP contribution >= 0.6 is 0 Å². The van der Waals surface area contributed by atoms with Gasteiger partial charge in [-0.15, -0.1) is 0 Å². The summed E-state index contributed by atoms with van der Waals surface area (Å²) >= 11 is 0. The van der Waals surface area contributed by atoms with Gasteiger partial charge in [0.05, 0.1) is 5.56 Å². The number of alkyl halides is 7. The first-order chi connectivity index (χ1) is 10.1. The molecule has 0 bridgehead atoms. The molecule has 0 spiro atoms. The lowest BCUT2D eigenvalue weighted by molar-refractivity contribution is -0.137. The van der Waals surface area contributed by atoms with Crippen molar-refractivity contribution in [2.45, 2.75) is 24.9 Å². The Morgan fingerprint density at radius 3 is 2.41 bits per heavy atom. The molecule has 22 heavy (non-hydrogen) atoms. The maximum Gasteiger partial charge on any atom is 0.417 e. The van der Waals surface area contributed by atoms with E-state index in [1.165, 1.54) is 0 Å². The average molecular weight is 331 g/mol. The van der Waals surface area contributed by atoms with E-state index in [-0.39, 0.29) is 0 Å². The second-order valence-electron chi connectivity index (χ2n) is 4.49. The lowest BCUT2D eigenvalue weighted by Crippen LogP contribution is -2.26. The highest BCUT2D eigenvalue weighted by molar-refractivity contribution is 6.11. The number of halogens is 7. The summed E-state index contributed by atoms with van der Waals surface area (Å²) < 4.78 is 94.9. The second kappa shape index (κ2) is 5.33. The van der Waals surface area contributed by atoms with Crippen molar-refractivity contribution in [2.75, 3.05) is 6.61 Å². The summed E-state index contributed by atoms with van der Waals surface area (Å²) in [4.78, 5) is 0. The predicted molar refractivity (Wildman–Crippen MR) is 59.9 cm³/mol. The van der Waals surface area contributed by atoms with Crippen LogP contribution in [-0.2, 0) is 12.6 Å². The van der Waals surface area contributed by atoms with Gasteiger partial charge in [-0.05, 0) is 12.1 Å². The Balaban J connectivity index is 2.61. The van der Waals surface area contributed by atoms with E-state index >= 15 is 0 Å². The minimum absolute atomic E-state index is 0.423. The molecule has 10 heteroatoms. The third-order valence-electron chi connectivity index (χ3n) is 3.02. The first kappa shape index (κ1) is 16.4. The molecule has 1 N–H and O–H groups in total. The van der Waals surface area contributed by atoms with Crippen molar-refractivity contribution in [2.24, 2.45) is 5.16 Å². The lowest BCUT2D eigenvalue weighted by atomic mass is 10.0. The van der Waals surface area contributed by atoms with Crippen LogP contribution in [0.25, 0.3) is 0 Å². The topological polar surface area (TPSA) is 41.8 Å². The largest absolute Gasteiger partial charge is 0.487 e. The quantitative estimate of drug-likeness (QED) is 0.521. The van der Waals surface area contributed by atoms with E-state index in [0.717, 1.165) is 0 Å². The molecule has 2 rings (SSSR count). The highest BCUT2D eigenvalue weighted by Gasteiger charge is 2.51. The van der Waals surface area contributed by atoms with Crippen molar-refractivity contribution >= 4 is 5.71 Å². The van der Waals surface area contributed by atoms with Crippen LogP contribution in [0.4, 0.5) is 30.7 Å². The van der Waals surface area contributed by atoms with Crippen molar-refractivity contribution in [3.63, 3.8) is 0 Å². The molecule has 0 amide bonds. The molecule has 1 aromatic carbocycles. The summed E-state index contributed by atoms with van der Waals surface area (Å²) in [6.45, 7) is -1.16. The summed E-state index contributed by atoms with van der Waals surface area (Å²) in [5.74, 6) is -4.39. The van der Waals surface area contributed by atoms with Crippen molar-refractivity contribution < 1.29 is 40.7 Å². The van der Waals surface area contributed by atoms with E-state index in [1.54, 1.807) is 0 Å². The summed E-state index contributed by atoms with van der Waals surface area (Å²) in [6.07, 6.45) is -9.14. The Morgan fingerprint density at radius 2 is 1.91 bits per heavy atom. The number of rotatable bonds is 3. The van der Waals surface area contributed by atoms with Gasteiger partial charge >= 0.3 is 6.18 Å². The van der Waals surface area contributed by atoms with E-state index < -0.39 is 59.7 Å². The second-order valence-corrected chi connectivity index (χ2v) is 4.49. The van der Waals surface area contributed by atoms with Gasteiger partial charge in [-0.25, -0.2) is 8.78 Å². The molecule has 122 valence electrons. The molecule has 1 aromatic rings. The zero-order chi connectivity index (χ0) is 16.7. The molecular formula is C12H8F7NO2. The van der Waals surface area contributed by atoms with Gasteiger partial charge < -0.3 is 9.94 Å². The van der Waals surface area contributed by atoms with E-state index in [0.29, 0.717) is 12.1 Å². The number of hydrogen-bond donors (Lipinski definition) is 1. The van der Waals surface area contributed by atoms with Crippen LogP contribution in [0.1, 0.15) is 16.7 Å². The number of oxime groups is 1. The minimum Gasteiger partial charge on any atom is -0.487 e. The maximum atomic E-state index is 13.7. The van der Waals surface area contributed by atoms with Crippen molar-refractivity contribution in [1.82, 2.24) is 0 Å². The van der Waals surface area contributed by atoms with Gasteiger partial charge in [-0.3, -0.25) is 0 Å². The van der Waals surface area contributed by atoms with Gasteiger partial charge in [0.1, 0.15) is 12.4 Å². The van der Waals surface area contributed by atoms with E-state index in [9.17, 15) is 30.7 Å². The number of benzene rings is 1. The van der Waals surface area contributed by atoms with E-state index in [4.69, 9.17) is 5.21 Å². The van der Waals surface area contributed by atoms with Crippen molar-refractivity contribution in [1.29, 1.82) is 0 Å². The van der Waals surface area contributed by atoms with Crippen LogP contribution in [0.5, 0.6) is 5.75 Å². The molecule has 0 saturated carbocycles. The monoisotopic (exact) mass is 331 g/mol. The predicted octanol–water partition coefficient (Wildman–Crippen LogP) is 3.72. The Labute approximate surface area is 119 Å². The van der Waals surface area contributed by atoms with Gasteiger partial charge in [0.2, 0.25) is 0 Å². The average Bonchev–Trinajstić information content (AvgIpc) is 2.64. The summed E-state index contributed by atoms with van der Waals surface area (Å²) in [5.41, 5.74) is -4.56. The Hall–Kier alpha value is -2.00. The number of fused-ring (bicyclic) bond motifs is 1. The number of nitrogens with zero attached hydrogens (tertiary/aromatic N) is 1. The molecular weight excluding hydrogens is 323 g/mol. The first-order valence-corrected chi connectivity index (χ1v) is 5.82. The normalized spacial score (nSPS) is 18.8. The molecule has 0 saturated heterocycles. The highest BCUT2D eigenvalue weighted by atomic mass is 19.4. The summed E-state index contributed by atoms with van der Waals surface area (Å²) in [6, 6.07) is 1.12. The molecule has 0 unspecified atom stereocenters. The zero-order valence-corrected chi connectivity index (χ0v) is 10.6. The van der Waals surface area contributed by atoms with Crippen LogP contribution in [0.3, 0.4) is 0 Å². The molecule has 1 aliphatic carbocycles. The minimum atomic E-state index is -4.98. The molecule has 0 atom stereocenters. The molecule has 1 aliphatic rings. The van der Waals surface area contributed by atoms with E-state index in [1.807, 2.05) is 0 Å². The molecule has 0 radical (unpaired) electrons. The van der Waals surface area contributed by atoms with Crippen LogP contribution in [0.2, 0.25) is 0 Å². The van der Waals surface area contributed by atoms with Gasteiger partial charge in [0.25, 0.3) is 12.3 Å². The number of ether oxygens (including phenoxy) is 1. The van der Waals surface area contributed by atoms with Crippen LogP contribution in [0, 0.1) is 0 Å². The number of hydrogen-bond acceptors (Lipinski definition) is 3. The molecule has 0 aliphatic heterocycles. The van der Waals surface area contributed by atoms with Gasteiger partial charge in [-0.2, -0.15) is 22.0 Å². The Bertz CT molecular complexity index is 610. The fourth-order valence-electron chi connectivity index (χ4n) is 2.21. The van der Waals surface area contributed by atoms with E-state index in [2.05, 4.69) is 9.89 Å². The Kier molecular flexibility index (Phi) is 3.96. The third-order valence-corrected chi connectivity index (χ3v) is 3.02. The SMILES string of the molecule is ON=C1c2c(C(F)(F)F)ccc(OCC(F)F)c2CC1(F)F. The lowest BCUT2D eigenvalue weighted by Gasteiger charge is -2.15. The molecule has 0 heterocycles. The first-order valence-electron chi connectivity index (χ1n) is 5.82. The Morgan fingerprint density at radius 1 is 1.27 bits per heavy atom. The summed E-state index contributed by atoms with van der Waals surface area (Å²) in [5, 5.41) is 10.9. The zero-order valence-electron chi connectivity index (χ0n) is 10.6.